The third-order valence-electron chi connectivity index (χ3n) is 6.26. The van der Waals surface area contributed by atoms with E-state index in [0.717, 1.165) is 38.2 Å². The van der Waals surface area contributed by atoms with E-state index < -0.39 is 17.2 Å². The summed E-state index contributed by atoms with van der Waals surface area (Å²) < 4.78 is 27.5. The molecule has 7 heteroatoms. The second kappa shape index (κ2) is 8.05. The number of carbonyl (C=O) groups excluding carboxylic acids is 1. The molecule has 1 N–H and O–H groups in total. The van der Waals surface area contributed by atoms with Gasteiger partial charge in [0.1, 0.15) is 0 Å². The van der Waals surface area contributed by atoms with Crippen molar-refractivity contribution < 1.29 is 18.7 Å². The van der Waals surface area contributed by atoms with Crippen LogP contribution in [0, 0.1) is 17.6 Å². The Balaban J connectivity index is 1.35. The average molecular weight is 393 g/mol. The van der Waals surface area contributed by atoms with Crippen LogP contribution >= 0.6 is 0 Å². The zero-order valence-corrected chi connectivity index (χ0v) is 16.2. The number of hydrogen-bond acceptors (Lipinski definition) is 4. The lowest BCUT2D eigenvalue weighted by molar-refractivity contribution is -0.160. The fraction of sp³-hybridized carbons (Fsp3) is 0.667. The first-order chi connectivity index (χ1) is 13.4. The van der Waals surface area contributed by atoms with Gasteiger partial charge < -0.3 is 14.9 Å². The third kappa shape index (κ3) is 4.36. The van der Waals surface area contributed by atoms with E-state index in [1.807, 2.05) is 0 Å². The molecule has 1 aromatic rings. The molecule has 1 saturated carbocycles. The number of rotatable bonds is 6. The number of aliphatic hydroxyl groups is 1. The quantitative estimate of drug-likeness (QED) is 0.801. The van der Waals surface area contributed by atoms with Crippen LogP contribution in [0.4, 0.5) is 8.78 Å². The fourth-order valence-electron chi connectivity index (χ4n) is 4.40. The standard InChI is InChI=1S/C21H29F2N3O2/c22-18-4-1-3-17(19(18)23)14-26-8-2-7-21(28,20(26)27)15-25-11-9-24(10-12-25)13-16-5-6-16/h1,3-4,16,28H,2,5-15H2. The molecule has 0 bridgehead atoms. The molecule has 154 valence electrons. The van der Waals surface area contributed by atoms with E-state index in [0.29, 0.717) is 25.9 Å². The molecule has 0 aromatic heterocycles. The predicted octanol–water partition coefficient (Wildman–Crippen LogP) is 1.85. The summed E-state index contributed by atoms with van der Waals surface area (Å²) in [6.07, 6.45) is 3.75. The Kier molecular flexibility index (Phi) is 5.67. The molecular formula is C21H29F2N3O2. The molecule has 2 saturated heterocycles. The van der Waals surface area contributed by atoms with Crippen LogP contribution < -0.4 is 0 Å². The molecule has 1 aliphatic carbocycles. The lowest BCUT2D eigenvalue weighted by Gasteiger charge is -2.43. The molecule has 2 aliphatic heterocycles. The summed E-state index contributed by atoms with van der Waals surface area (Å²) in [5.41, 5.74) is -1.30. The second-order valence-electron chi connectivity index (χ2n) is 8.59. The van der Waals surface area contributed by atoms with Crippen LogP contribution in [0.25, 0.3) is 0 Å². The first-order valence-electron chi connectivity index (χ1n) is 10.3. The van der Waals surface area contributed by atoms with Crippen LogP contribution in [0.5, 0.6) is 0 Å². The Morgan fingerprint density at radius 2 is 1.79 bits per heavy atom. The third-order valence-corrected chi connectivity index (χ3v) is 6.26. The summed E-state index contributed by atoms with van der Waals surface area (Å²) in [6.45, 7) is 5.56. The predicted molar refractivity (Wildman–Crippen MR) is 102 cm³/mol. The molecule has 0 spiro atoms. The highest BCUT2D eigenvalue weighted by Gasteiger charge is 2.44. The zero-order chi connectivity index (χ0) is 19.7. The minimum Gasteiger partial charge on any atom is -0.379 e. The maximum absolute atomic E-state index is 14.0. The monoisotopic (exact) mass is 393 g/mol. The van der Waals surface area contributed by atoms with Crippen molar-refractivity contribution in [1.82, 2.24) is 14.7 Å². The van der Waals surface area contributed by atoms with Crippen molar-refractivity contribution in [2.24, 2.45) is 5.92 Å². The van der Waals surface area contributed by atoms with E-state index in [4.69, 9.17) is 0 Å². The number of piperidine rings is 1. The largest absolute Gasteiger partial charge is 0.379 e. The Bertz CT molecular complexity index is 720. The lowest BCUT2D eigenvalue weighted by Crippen LogP contribution is -2.60. The van der Waals surface area contributed by atoms with E-state index in [2.05, 4.69) is 9.80 Å². The van der Waals surface area contributed by atoms with Crippen LogP contribution in [0.3, 0.4) is 0 Å². The maximum atomic E-state index is 14.0. The van der Waals surface area contributed by atoms with Gasteiger partial charge in [0, 0.05) is 57.9 Å². The molecule has 1 atom stereocenters. The van der Waals surface area contributed by atoms with Gasteiger partial charge in [-0.3, -0.25) is 9.69 Å². The van der Waals surface area contributed by atoms with Crippen molar-refractivity contribution in [2.45, 2.75) is 37.8 Å². The first-order valence-corrected chi connectivity index (χ1v) is 10.3. The van der Waals surface area contributed by atoms with E-state index in [1.165, 1.54) is 36.4 Å². The van der Waals surface area contributed by atoms with Crippen LogP contribution in [0.2, 0.25) is 0 Å². The lowest BCUT2D eigenvalue weighted by atomic mass is 9.90. The molecule has 2 heterocycles. The van der Waals surface area contributed by atoms with Crippen LogP contribution in [0.15, 0.2) is 18.2 Å². The molecule has 1 amide bonds. The zero-order valence-electron chi connectivity index (χ0n) is 16.2. The summed E-state index contributed by atoms with van der Waals surface area (Å²) in [6, 6.07) is 3.99. The van der Waals surface area contributed by atoms with Gasteiger partial charge in [0.15, 0.2) is 17.2 Å². The number of benzene rings is 1. The number of amides is 1. The van der Waals surface area contributed by atoms with E-state index in [1.54, 1.807) is 0 Å². The van der Waals surface area contributed by atoms with E-state index in [-0.39, 0.29) is 18.0 Å². The number of β-amino-alcohol motifs (C(OH)–C–C–N with tert-alkyl or cyclic N) is 1. The van der Waals surface area contributed by atoms with Crippen molar-refractivity contribution in [3.63, 3.8) is 0 Å². The smallest absolute Gasteiger partial charge is 0.256 e. The number of nitrogens with zero attached hydrogens (tertiary/aromatic N) is 3. The van der Waals surface area contributed by atoms with Crippen LogP contribution in [0.1, 0.15) is 31.2 Å². The summed E-state index contributed by atoms with van der Waals surface area (Å²) in [5.74, 6) is -1.34. The van der Waals surface area contributed by atoms with Crippen molar-refractivity contribution in [3.8, 4) is 0 Å². The Labute approximate surface area is 164 Å². The molecule has 5 nitrogen and oxygen atoms in total. The van der Waals surface area contributed by atoms with Gasteiger partial charge in [0.05, 0.1) is 0 Å². The van der Waals surface area contributed by atoms with E-state index >= 15 is 0 Å². The highest BCUT2D eigenvalue weighted by Crippen LogP contribution is 2.30. The molecule has 28 heavy (non-hydrogen) atoms. The van der Waals surface area contributed by atoms with Gasteiger partial charge in [-0.25, -0.2) is 8.78 Å². The minimum atomic E-state index is -1.44. The first kappa shape index (κ1) is 19.7. The number of carbonyl (C=O) groups is 1. The van der Waals surface area contributed by atoms with Gasteiger partial charge in [-0.15, -0.1) is 0 Å². The molecule has 3 fully saturated rings. The summed E-state index contributed by atoms with van der Waals surface area (Å²) in [7, 11) is 0. The molecule has 3 aliphatic rings. The highest BCUT2D eigenvalue weighted by molar-refractivity contribution is 5.86. The topological polar surface area (TPSA) is 47.0 Å². The van der Waals surface area contributed by atoms with Crippen LogP contribution in [-0.4, -0.2) is 77.1 Å². The summed E-state index contributed by atoms with van der Waals surface area (Å²) in [5, 5.41) is 11.1. The van der Waals surface area contributed by atoms with Gasteiger partial charge in [0.2, 0.25) is 0 Å². The Hall–Kier alpha value is -1.57. The summed E-state index contributed by atoms with van der Waals surface area (Å²) in [4.78, 5) is 19.1. The molecule has 4 rings (SSSR count). The number of likely N-dealkylation sites (tertiary alicyclic amines) is 1. The van der Waals surface area contributed by atoms with Gasteiger partial charge in [-0.05, 0) is 37.7 Å². The number of halogens is 2. The van der Waals surface area contributed by atoms with E-state index in [9.17, 15) is 18.7 Å². The second-order valence-corrected chi connectivity index (χ2v) is 8.59. The average Bonchev–Trinajstić information content (AvgIpc) is 3.49. The van der Waals surface area contributed by atoms with Crippen LogP contribution in [-0.2, 0) is 11.3 Å². The van der Waals surface area contributed by atoms with Gasteiger partial charge in [0.25, 0.3) is 5.91 Å². The number of piperazine rings is 1. The van der Waals surface area contributed by atoms with Crippen molar-refractivity contribution in [1.29, 1.82) is 0 Å². The van der Waals surface area contributed by atoms with Gasteiger partial charge in [-0.1, -0.05) is 12.1 Å². The fourth-order valence-corrected chi connectivity index (χ4v) is 4.40. The van der Waals surface area contributed by atoms with Gasteiger partial charge >= 0.3 is 0 Å². The minimum absolute atomic E-state index is 0.0140. The summed E-state index contributed by atoms with van der Waals surface area (Å²) >= 11 is 0. The van der Waals surface area contributed by atoms with Gasteiger partial charge in [-0.2, -0.15) is 0 Å². The molecule has 1 aromatic carbocycles. The van der Waals surface area contributed by atoms with Crippen molar-refractivity contribution in [2.75, 3.05) is 45.8 Å². The number of hydrogen-bond donors (Lipinski definition) is 1. The van der Waals surface area contributed by atoms with Crippen molar-refractivity contribution in [3.05, 3.63) is 35.4 Å². The molecular weight excluding hydrogens is 364 g/mol. The SMILES string of the molecule is O=C1N(Cc2cccc(F)c2F)CCCC1(O)CN1CCN(CC2CC2)CC1. The maximum Gasteiger partial charge on any atom is 0.256 e. The molecule has 0 radical (unpaired) electrons. The van der Waals surface area contributed by atoms with Crippen molar-refractivity contribution >= 4 is 5.91 Å². The Morgan fingerprint density at radius 1 is 1.07 bits per heavy atom. The highest BCUT2D eigenvalue weighted by atomic mass is 19.2. The Morgan fingerprint density at radius 3 is 2.50 bits per heavy atom. The molecule has 1 unspecified atom stereocenters. The normalized spacial score (nSPS) is 27.4.